The van der Waals surface area contributed by atoms with Crippen LogP contribution in [0, 0.1) is 0 Å². The Morgan fingerprint density at radius 1 is 1.08 bits per heavy atom. The molecule has 2 aromatic rings. The second-order valence-corrected chi connectivity index (χ2v) is 6.00. The van der Waals surface area contributed by atoms with E-state index in [1.165, 1.54) is 0 Å². The van der Waals surface area contributed by atoms with E-state index in [0.717, 1.165) is 24.2 Å². The zero-order chi connectivity index (χ0) is 18.2. The summed E-state index contributed by atoms with van der Waals surface area (Å²) in [6.45, 7) is 5.34. The molecule has 1 atom stereocenters. The minimum Gasteiger partial charge on any atom is -0.478 e. The molecule has 25 heavy (non-hydrogen) atoms. The van der Waals surface area contributed by atoms with Gasteiger partial charge in [0.15, 0.2) is 0 Å². The number of para-hydroxylation sites is 1. The van der Waals surface area contributed by atoms with Crippen LogP contribution in [0.4, 0.5) is 5.69 Å². The molecule has 2 aromatic carbocycles. The number of nitrogens with zero attached hydrogens (tertiary/aromatic N) is 1. The van der Waals surface area contributed by atoms with E-state index in [4.69, 9.17) is 5.11 Å². The average molecular weight is 340 g/mol. The number of nitrogens with one attached hydrogen (secondary N) is 1. The van der Waals surface area contributed by atoms with Crippen LogP contribution in [0.25, 0.3) is 0 Å². The molecule has 5 nitrogen and oxygen atoms in total. The van der Waals surface area contributed by atoms with Crippen LogP contribution in [0.5, 0.6) is 0 Å². The molecule has 1 amide bonds. The quantitative estimate of drug-likeness (QED) is 0.770. The molecule has 5 heteroatoms. The van der Waals surface area contributed by atoms with Crippen LogP contribution in [0.15, 0.2) is 54.6 Å². The largest absolute Gasteiger partial charge is 0.478 e. The lowest BCUT2D eigenvalue weighted by molar-refractivity contribution is -0.121. The Labute approximate surface area is 148 Å². The van der Waals surface area contributed by atoms with Gasteiger partial charge >= 0.3 is 5.97 Å². The number of carboxylic acid groups (broad SMARTS) is 1. The Morgan fingerprint density at radius 3 is 2.28 bits per heavy atom. The molecule has 0 aliphatic rings. The van der Waals surface area contributed by atoms with E-state index in [9.17, 15) is 9.59 Å². The molecule has 2 N–H and O–H groups in total. The number of hydrogen-bond donors (Lipinski definition) is 2. The number of amides is 1. The van der Waals surface area contributed by atoms with Crippen molar-refractivity contribution in [2.24, 2.45) is 0 Å². The van der Waals surface area contributed by atoms with E-state index >= 15 is 0 Å². The second kappa shape index (κ2) is 8.99. The van der Waals surface area contributed by atoms with Gasteiger partial charge in [0.2, 0.25) is 5.91 Å². The second-order valence-electron chi connectivity index (χ2n) is 6.00. The van der Waals surface area contributed by atoms with Crippen molar-refractivity contribution in [3.8, 4) is 0 Å². The van der Waals surface area contributed by atoms with Gasteiger partial charge in [-0.05, 0) is 49.7 Å². The van der Waals surface area contributed by atoms with Gasteiger partial charge < -0.3 is 10.4 Å². The van der Waals surface area contributed by atoms with Crippen molar-refractivity contribution < 1.29 is 14.7 Å². The van der Waals surface area contributed by atoms with Crippen molar-refractivity contribution in [1.29, 1.82) is 0 Å². The maximum absolute atomic E-state index is 12.5. The standard InChI is InChI=1S/C20H24N2O3/c1-3-13-22(14-16-9-11-17(12-10-16)20(24)25)15(2)19(23)21-18-7-5-4-6-8-18/h4-12,15H,3,13-14H2,1-2H3,(H,21,23)(H,24,25). The molecule has 0 heterocycles. The first-order chi connectivity index (χ1) is 12.0. The fourth-order valence-electron chi connectivity index (χ4n) is 2.62. The molecule has 0 aliphatic carbocycles. The van der Waals surface area contributed by atoms with Gasteiger partial charge in [-0.25, -0.2) is 4.79 Å². The maximum Gasteiger partial charge on any atom is 0.335 e. The lowest BCUT2D eigenvalue weighted by Crippen LogP contribution is -2.42. The van der Waals surface area contributed by atoms with Crippen molar-refractivity contribution >= 4 is 17.6 Å². The van der Waals surface area contributed by atoms with Gasteiger partial charge in [0, 0.05) is 12.2 Å². The summed E-state index contributed by atoms with van der Waals surface area (Å²) in [7, 11) is 0. The van der Waals surface area contributed by atoms with Crippen LogP contribution >= 0.6 is 0 Å². The van der Waals surface area contributed by atoms with Gasteiger partial charge in [0.1, 0.15) is 0 Å². The van der Waals surface area contributed by atoms with Crippen molar-refractivity contribution in [3.63, 3.8) is 0 Å². The number of carbonyl (C=O) groups excluding carboxylic acids is 1. The van der Waals surface area contributed by atoms with Crippen molar-refractivity contribution in [3.05, 3.63) is 65.7 Å². The first-order valence-corrected chi connectivity index (χ1v) is 8.43. The molecular weight excluding hydrogens is 316 g/mol. The Morgan fingerprint density at radius 2 is 1.72 bits per heavy atom. The zero-order valence-electron chi connectivity index (χ0n) is 14.6. The number of anilines is 1. The van der Waals surface area contributed by atoms with E-state index in [1.807, 2.05) is 37.3 Å². The summed E-state index contributed by atoms with van der Waals surface area (Å²) in [6.07, 6.45) is 0.927. The summed E-state index contributed by atoms with van der Waals surface area (Å²) in [5.74, 6) is -0.991. The average Bonchev–Trinajstić information content (AvgIpc) is 2.62. The van der Waals surface area contributed by atoms with Crippen LogP contribution < -0.4 is 5.32 Å². The van der Waals surface area contributed by atoms with Crippen LogP contribution in [-0.2, 0) is 11.3 Å². The highest BCUT2D eigenvalue weighted by Crippen LogP contribution is 2.13. The summed E-state index contributed by atoms with van der Waals surface area (Å²) in [4.78, 5) is 25.6. The van der Waals surface area contributed by atoms with Crippen LogP contribution in [0.1, 0.15) is 36.2 Å². The van der Waals surface area contributed by atoms with Crippen molar-refractivity contribution in [1.82, 2.24) is 4.90 Å². The molecule has 0 aliphatic heterocycles. The SMILES string of the molecule is CCCN(Cc1ccc(C(=O)O)cc1)C(C)C(=O)Nc1ccccc1. The summed E-state index contributed by atoms with van der Waals surface area (Å²) < 4.78 is 0. The molecule has 0 radical (unpaired) electrons. The number of hydrogen-bond acceptors (Lipinski definition) is 3. The smallest absolute Gasteiger partial charge is 0.335 e. The number of aromatic carboxylic acids is 1. The topological polar surface area (TPSA) is 69.6 Å². The zero-order valence-corrected chi connectivity index (χ0v) is 14.6. The Balaban J connectivity index is 2.05. The highest BCUT2D eigenvalue weighted by molar-refractivity contribution is 5.94. The molecule has 132 valence electrons. The highest BCUT2D eigenvalue weighted by atomic mass is 16.4. The molecule has 0 aromatic heterocycles. The van der Waals surface area contributed by atoms with Crippen LogP contribution in [-0.4, -0.2) is 34.5 Å². The van der Waals surface area contributed by atoms with E-state index in [-0.39, 0.29) is 17.5 Å². The Kier molecular flexibility index (Phi) is 6.71. The number of carbonyl (C=O) groups is 2. The van der Waals surface area contributed by atoms with Gasteiger partial charge in [0.05, 0.1) is 11.6 Å². The molecular formula is C20H24N2O3. The first kappa shape index (κ1) is 18.7. The number of benzene rings is 2. The third-order valence-electron chi connectivity index (χ3n) is 4.07. The Bertz CT molecular complexity index is 699. The fraction of sp³-hybridized carbons (Fsp3) is 0.300. The van der Waals surface area contributed by atoms with Crippen molar-refractivity contribution in [2.75, 3.05) is 11.9 Å². The predicted molar refractivity (Wildman–Crippen MR) is 98.6 cm³/mol. The van der Waals surface area contributed by atoms with E-state index in [0.29, 0.717) is 6.54 Å². The maximum atomic E-state index is 12.5. The molecule has 2 rings (SSSR count). The lowest BCUT2D eigenvalue weighted by Gasteiger charge is -2.28. The molecule has 0 spiro atoms. The summed E-state index contributed by atoms with van der Waals surface area (Å²) in [5, 5.41) is 11.9. The molecule has 0 saturated carbocycles. The monoisotopic (exact) mass is 340 g/mol. The fourth-order valence-corrected chi connectivity index (χ4v) is 2.62. The number of carboxylic acids is 1. The van der Waals surface area contributed by atoms with E-state index in [2.05, 4.69) is 17.1 Å². The third kappa shape index (κ3) is 5.43. The molecule has 0 fully saturated rings. The lowest BCUT2D eigenvalue weighted by atomic mass is 10.1. The third-order valence-corrected chi connectivity index (χ3v) is 4.07. The van der Waals surface area contributed by atoms with E-state index < -0.39 is 5.97 Å². The summed E-state index contributed by atoms with van der Waals surface area (Å²) in [5.41, 5.74) is 2.03. The predicted octanol–water partition coefficient (Wildman–Crippen LogP) is 3.62. The van der Waals surface area contributed by atoms with Crippen molar-refractivity contribution in [2.45, 2.75) is 32.9 Å². The summed E-state index contributed by atoms with van der Waals surface area (Å²) >= 11 is 0. The molecule has 0 bridgehead atoms. The first-order valence-electron chi connectivity index (χ1n) is 8.43. The van der Waals surface area contributed by atoms with Crippen LogP contribution in [0.3, 0.4) is 0 Å². The van der Waals surface area contributed by atoms with Gasteiger partial charge in [-0.15, -0.1) is 0 Å². The van der Waals surface area contributed by atoms with Gasteiger partial charge in [-0.2, -0.15) is 0 Å². The molecule has 0 saturated heterocycles. The van der Waals surface area contributed by atoms with Crippen LogP contribution in [0.2, 0.25) is 0 Å². The van der Waals surface area contributed by atoms with E-state index in [1.54, 1.807) is 24.3 Å². The van der Waals surface area contributed by atoms with Gasteiger partial charge in [-0.1, -0.05) is 37.3 Å². The summed E-state index contributed by atoms with van der Waals surface area (Å²) in [6, 6.07) is 15.9. The van der Waals surface area contributed by atoms with Gasteiger partial charge in [-0.3, -0.25) is 9.69 Å². The number of rotatable bonds is 8. The minimum absolute atomic E-state index is 0.0539. The van der Waals surface area contributed by atoms with Gasteiger partial charge in [0.25, 0.3) is 0 Å². The minimum atomic E-state index is -0.937. The Hall–Kier alpha value is -2.66. The molecule has 1 unspecified atom stereocenters. The highest BCUT2D eigenvalue weighted by Gasteiger charge is 2.21. The normalized spacial score (nSPS) is 12.0.